The summed E-state index contributed by atoms with van der Waals surface area (Å²) >= 11 is 0. The molecule has 0 amide bonds. The monoisotopic (exact) mass is 270 g/mol. The summed E-state index contributed by atoms with van der Waals surface area (Å²) in [6.45, 7) is 1.96. The maximum atomic E-state index is 13.2. The van der Waals surface area contributed by atoms with E-state index in [1.54, 1.807) is 6.07 Å². The molecule has 2 N–H and O–H groups in total. The van der Waals surface area contributed by atoms with E-state index in [0.29, 0.717) is 0 Å². The quantitative estimate of drug-likeness (QED) is 0.924. The van der Waals surface area contributed by atoms with Crippen LogP contribution in [-0.2, 0) is 6.42 Å². The topological polar surface area (TPSA) is 29.3 Å². The Morgan fingerprint density at radius 1 is 1.15 bits per heavy atom. The first-order valence-corrected chi connectivity index (χ1v) is 7.08. The molecule has 0 aliphatic carbocycles. The molecule has 0 aromatic heterocycles. The molecule has 104 valence electrons. The number of hydrogen-bond acceptors (Lipinski definition) is 2. The van der Waals surface area contributed by atoms with Crippen molar-refractivity contribution in [2.45, 2.75) is 18.9 Å². The fraction of sp³-hybridized carbons (Fsp3) is 0.294. The summed E-state index contributed by atoms with van der Waals surface area (Å²) in [6.07, 6.45) is 1.93. The Balaban J connectivity index is 1.63. The third kappa shape index (κ3) is 2.68. The van der Waals surface area contributed by atoms with Gasteiger partial charge in [0.1, 0.15) is 5.82 Å². The molecule has 0 bridgehead atoms. The zero-order valence-electron chi connectivity index (χ0n) is 11.4. The number of benzene rings is 2. The summed E-state index contributed by atoms with van der Waals surface area (Å²) in [4.78, 5) is 2.37. The van der Waals surface area contributed by atoms with Crippen LogP contribution in [0.2, 0.25) is 0 Å². The molecular weight excluding hydrogens is 251 g/mol. The molecule has 0 saturated heterocycles. The first-order chi connectivity index (χ1) is 9.74. The molecule has 3 heteroatoms. The summed E-state index contributed by atoms with van der Waals surface area (Å²) in [6, 6.07) is 15.0. The SMILES string of the molecule is NC(CCN1CCc2ccccc21)c1cccc(F)c1. The van der Waals surface area contributed by atoms with Gasteiger partial charge in [-0.1, -0.05) is 30.3 Å². The normalized spacial score (nSPS) is 15.2. The van der Waals surface area contributed by atoms with Crippen molar-refractivity contribution in [3.63, 3.8) is 0 Å². The van der Waals surface area contributed by atoms with Crippen LogP contribution in [0.25, 0.3) is 0 Å². The van der Waals surface area contributed by atoms with E-state index in [4.69, 9.17) is 5.73 Å². The van der Waals surface area contributed by atoms with E-state index in [2.05, 4.69) is 29.2 Å². The zero-order chi connectivity index (χ0) is 13.9. The van der Waals surface area contributed by atoms with Crippen LogP contribution >= 0.6 is 0 Å². The Bertz CT molecular complexity index is 597. The van der Waals surface area contributed by atoms with Crippen LogP contribution in [0.4, 0.5) is 10.1 Å². The van der Waals surface area contributed by atoms with E-state index < -0.39 is 0 Å². The highest BCUT2D eigenvalue weighted by atomic mass is 19.1. The van der Waals surface area contributed by atoms with Crippen molar-refractivity contribution in [2.24, 2.45) is 5.73 Å². The third-order valence-electron chi connectivity index (χ3n) is 3.97. The molecule has 1 heterocycles. The molecule has 2 aromatic carbocycles. The number of fused-ring (bicyclic) bond motifs is 1. The van der Waals surface area contributed by atoms with Crippen molar-refractivity contribution in [1.29, 1.82) is 0 Å². The molecule has 1 aliphatic rings. The summed E-state index contributed by atoms with van der Waals surface area (Å²) in [5.41, 5.74) is 9.77. The molecule has 20 heavy (non-hydrogen) atoms. The van der Waals surface area contributed by atoms with Gasteiger partial charge in [0.2, 0.25) is 0 Å². The highest BCUT2D eigenvalue weighted by Gasteiger charge is 2.18. The summed E-state index contributed by atoms with van der Waals surface area (Å²) in [7, 11) is 0. The Morgan fingerprint density at radius 3 is 2.85 bits per heavy atom. The number of halogens is 1. The maximum Gasteiger partial charge on any atom is 0.123 e. The molecule has 0 fully saturated rings. The number of para-hydroxylation sites is 1. The van der Waals surface area contributed by atoms with Crippen molar-refractivity contribution >= 4 is 5.69 Å². The van der Waals surface area contributed by atoms with E-state index in [0.717, 1.165) is 31.5 Å². The van der Waals surface area contributed by atoms with E-state index in [9.17, 15) is 4.39 Å². The Morgan fingerprint density at radius 2 is 2.00 bits per heavy atom. The van der Waals surface area contributed by atoms with Gasteiger partial charge in [-0.15, -0.1) is 0 Å². The van der Waals surface area contributed by atoms with Crippen molar-refractivity contribution in [3.05, 3.63) is 65.5 Å². The molecule has 1 aliphatic heterocycles. The van der Waals surface area contributed by atoms with Crippen molar-refractivity contribution in [1.82, 2.24) is 0 Å². The van der Waals surface area contributed by atoms with Crippen LogP contribution in [0.3, 0.4) is 0 Å². The maximum absolute atomic E-state index is 13.2. The van der Waals surface area contributed by atoms with E-state index >= 15 is 0 Å². The molecule has 2 nitrogen and oxygen atoms in total. The first-order valence-electron chi connectivity index (χ1n) is 7.08. The largest absolute Gasteiger partial charge is 0.371 e. The second-order valence-electron chi connectivity index (χ2n) is 5.32. The van der Waals surface area contributed by atoms with Gasteiger partial charge in [-0.05, 0) is 42.2 Å². The smallest absolute Gasteiger partial charge is 0.123 e. The number of nitrogens with zero attached hydrogens (tertiary/aromatic N) is 1. The third-order valence-corrected chi connectivity index (χ3v) is 3.97. The van der Waals surface area contributed by atoms with Crippen LogP contribution in [0, 0.1) is 5.82 Å². The lowest BCUT2D eigenvalue weighted by molar-refractivity contribution is 0.605. The van der Waals surface area contributed by atoms with Crippen LogP contribution in [0.1, 0.15) is 23.6 Å². The van der Waals surface area contributed by atoms with Crippen LogP contribution in [-0.4, -0.2) is 13.1 Å². The molecule has 2 aromatic rings. The number of rotatable bonds is 4. The predicted molar refractivity (Wildman–Crippen MR) is 80.3 cm³/mol. The lowest BCUT2D eigenvalue weighted by atomic mass is 10.0. The molecule has 1 unspecified atom stereocenters. The number of hydrogen-bond donors (Lipinski definition) is 1. The summed E-state index contributed by atoms with van der Waals surface area (Å²) in [5.74, 6) is -0.218. The van der Waals surface area contributed by atoms with E-state index in [1.165, 1.54) is 23.4 Å². The Kier molecular flexibility index (Phi) is 3.70. The van der Waals surface area contributed by atoms with Crippen LogP contribution in [0.5, 0.6) is 0 Å². The van der Waals surface area contributed by atoms with Gasteiger partial charge in [0, 0.05) is 24.8 Å². The van der Waals surface area contributed by atoms with E-state index in [-0.39, 0.29) is 11.9 Å². The van der Waals surface area contributed by atoms with Crippen molar-refractivity contribution in [3.8, 4) is 0 Å². The van der Waals surface area contributed by atoms with Gasteiger partial charge in [0.15, 0.2) is 0 Å². The second-order valence-corrected chi connectivity index (χ2v) is 5.32. The van der Waals surface area contributed by atoms with Crippen LogP contribution < -0.4 is 10.6 Å². The minimum Gasteiger partial charge on any atom is -0.371 e. The van der Waals surface area contributed by atoms with E-state index in [1.807, 2.05) is 6.07 Å². The summed E-state index contributed by atoms with van der Waals surface area (Å²) < 4.78 is 13.2. The molecular formula is C17H19FN2. The average molecular weight is 270 g/mol. The van der Waals surface area contributed by atoms with Crippen molar-refractivity contribution < 1.29 is 4.39 Å². The Hall–Kier alpha value is -1.87. The minimum atomic E-state index is -0.218. The van der Waals surface area contributed by atoms with Gasteiger partial charge >= 0.3 is 0 Å². The van der Waals surface area contributed by atoms with Gasteiger partial charge in [-0.25, -0.2) is 4.39 Å². The molecule has 3 rings (SSSR count). The molecule has 1 atom stereocenters. The number of nitrogens with two attached hydrogens (primary N) is 1. The highest BCUT2D eigenvalue weighted by Crippen LogP contribution is 2.28. The lowest BCUT2D eigenvalue weighted by Gasteiger charge is -2.21. The van der Waals surface area contributed by atoms with Gasteiger partial charge in [-0.2, -0.15) is 0 Å². The second kappa shape index (κ2) is 5.63. The number of anilines is 1. The molecule has 0 radical (unpaired) electrons. The standard InChI is InChI=1S/C17H19FN2/c18-15-6-3-5-14(12-15)16(19)9-11-20-10-8-13-4-1-2-7-17(13)20/h1-7,12,16H,8-11,19H2. The molecule has 0 spiro atoms. The van der Waals surface area contributed by atoms with Gasteiger partial charge < -0.3 is 10.6 Å². The average Bonchev–Trinajstić information content (AvgIpc) is 2.88. The fourth-order valence-corrected chi connectivity index (χ4v) is 2.84. The fourth-order valence-electron chi connectivity index (χ4n) is 2.84. The zero-order valence-corrected chi connectivity index (χ0v) is 11.4. The highest BCUT2D eigenvalue weighted by molar-refractivity contribution is 5.57. The van der Waals surface area contributed by atoms with Crippen molar-refractivity contribution in [2.75, 3.05) is 18.0 Å². The predicted octanol–water partition coefficient (Wildman–Crippen LogP) is 3.28. The van der Waals surface area contributed by atoms with Gasteiger partial charge in [0.05, 0.1) is 0 Å². The Labute approximate surface area is 119 Å². The van der Waals surface area contributed by atoms with Crippen LogP contribution in [0.15, 0.2) is 48.5 Å². The summed E-state index contributed by atoms with van der Waals surface area (Å²) in [5, 5.41) is 0. The first kappa shape index (κ1) is 13.1. The van der Waals surface area contributed by atoms with Gasteiger partial charge in [0.25, 0.3) is 0 Å². The lowest BCUT2D eigenvalue weighted by Crippen LogP contribution is -2.25. The molecule has 0 saturated carbocycles. The minimum absolute atomic E-state index is 0.113. The van der Waals surface area contributed by atoms with Gasteiger partial charge in [-0.3, -0.25) is 0 Å².